The molecule has 5 heteroatoms. The van der Waals surface area contributed by atoms with E-state index in [9.17, 15) is 0 Å². The third-order valence-corrected chi connectivity index (χ3v) is 5.11. The lowest BCUT2D eigenvalue weighted by molar-refractivity contribution is 0.144. The van der Waals surface area contributed by atoms with Gasteiger partial charge in [0.25, 0.3) is 0 Å². The molecule has 0 fully saturated rings. The fraction of sp³-hybridized carbons (Fsp3) is 0.350. The number of nitrogens with zero attached hydrogens (tertiary/aromatic N) is 3. The molecule has 1 aliphatic heterocycles. The fourth-order valence-electron chi connectivity index (χ4n) is 3.85. The Hall–Kier alpha value is -2.53. The summed E-state index contributed by atoms with van der Waals surface area (Å²) in [5, 5.41) is 7.48. The van der Waals surface area contributed by atoms with Gasteiger partial charge >= 0.3 is 0 Å². The second-order valence-corrected chi connectivity index (χ2v) is 6.52. The first-order chi connectivity index (χ1) is 12.3. The molecule has 130 valence electrons. The Morgan fingerprint density at radius 2 is 2.16 bits per heavy atom. The van der Waals surface area contributed by atoms with E-state index in [0.29, 0.717) is 6.04 Å². The van der Waals surface area contributed by atoms with Crippen LogP contribution in [0.15, 0.2) is 48.8 Å². The number of hydrogen-bond donors (Lipinski definition) is 1. The maximum absolute atomic E-state index is 5.36. The van der Waals surface area contributed by atoms with Gasteiger partial charge in [0, 0.05) is 42.7 Å². The van der Waals surface area contributed by atoms with Crippen LogP contribution in [0, 0.1) is 0 Å². The second-order valence-electron chi connectivity index (χ2n) is 6.52. The van der Waals surface area contributed by atoms with Crippen molar-refractivity contribution in [3.63, 3.8) is 0 Å². The second kappa shape index (κ2) is 6.76. The Balaban J connectivity index is 1.61. The Morgan fingerprint density at radius 1 is 1.24 bits per heavy atom. The summed E-state index contributed by atoms with van der Waals surface area (Å²) >= 11 is 0. The summed E-state index contributed by atoms with van der Waals surface area (Å²) in [6, 6.07) is 13.0. The molecule has 4 rings (SSSR count). The van der Waals surface area contributed by atoms with E-state index in [1.807, 2.05) is 18.3 Å². The van der Waals surface area contributed by atoms with Gasteiger partial charge in [-0.25, -0.2) is 0 Å². The van der Waals surface area contributed by atoms with Crippen molar-refractivity contribution >= 4 is 0 Å². The minimum Gasteiger partial charge on any atom is -0.497 e. The molecule has 0 aliphatic carbocycles. The van der Waals surface area contributed by atoms with E-state index in [0.717, 1.165) is 43.1 Å². The van der Waals surface area contributed by atoms with E-state index in [1.165, 1.54) is 11.3 Å². The normalized spacial score (nSPS) is 17.4. The van der Waals surface area contributed by atoms with E-state index in [-0.39, 0.29) is 0 Å². The van der Waals surface area contributed by atoms with Gasteiger partial charge in [0.1, 0.15) is 5.75 Å². The number of nitrogens with one attached hydrogen (secondary N) is 1. The summed E-state index contributed by atoms with van der Waals surface area (Å²) in [4.78, 5) is 2.56. The average molecular weight is 336 g/mol. The molecule has 3 aromatic rings. The molecule has 1 unspecified atom stereocenters. The number of rotatable bonds is 5. The van der Waals surface area contributed by atoms with Crippen LogP contribution in [0.1, 0.15) is 30.6 Å². The van der Waals surface area contributed by atoms with Crippen molar-refractivity contribution in [2.75, 3.05) is 13.7 Å². The van der Waals surface area contributed by atoms with E-state index in [2.05, 4.69) is 57.1 Å². The highest BCUT2D eigenvalue weighted by molar-refractivity contribution is 5.64. The lowest BCUT2D eigenvalue weighted by Gasteiger charge is -2.36. The highest BCUT2D eigenvalue weighted by Gasteiger charge is 2.26. The van der Waals surface area contributed by atoms with Crippen LogP contribution in [0.25, 0.3) is 11.3 Å². The van der Waals surface area contributed by atoms with Crippen LogP contribution in [-0.4, -0.2) is 33.3 Å². The molecular weight excluding hydrogens is 312 g/mol. The van der Waals surface area contributed by atoms with Gasteiger partial charge in [-0.1, -0.05) is 19.1 Å². The van der Waals surface area contributed by atoms with Crippen molar-refractivity contribution in [1.29, 1.82) is 0 Å². The maximum Gasteiger partial charge on any atom is 0.119 e. The first-order valence-electron chi connectivity index (χ1n) is 8.86. The first kappa shape index (κ1) is 16.0. The van der Waals surface area contributed by atoms with Crippen molar-refractivity contribution < 1.29 is 4.74 Å². The Bertz CT molecular complexity index is 851. The summed E-state index contributed by atoms with van der Waals surface area (Å²) in [5.74, 6) is 0.861. The van der Waals surface area contributed by atoms with Crippen LogP contribution in [0.3, 0.4) is 0 Å². The molecular formula is C20H24N4O. The van der Waals surface area contributed by atoms with Gasteiger partial charge in [0.05, 0.1) is 25.0 Å². The van der Waals surface area contributed by atoms with Crippen molar-refractivity contribution in [3.8, 4) is 17.0 Å². The Kier molecular flexibility index (Phi) is 4.32. The van der Waals surface area contributed by atoms with Gasteiger partial charge in [0.15, 0.2) is 0 Å². The lowest BCUT2D eigenvalue weighted by atomic mass is 10.0. The lowest BCUT2D eigenvalue weighted by Crippen LogP contribution is -2.37. The molecule has 1 atom stereocenters. The van der Waals surface area contributed by atoms with Crippen molar-refractivity contribution in [1.82, 2.24) is 19.7 Å². The summed E-state index contributed by atoms with van der Waals surface area (Å²) in [7, 11) is 1.70. The quantitative estimate of drug-likeness (QED) is 0.770. The maximum atomic E-state index is 5.36. The summed E-state index contributed by atoms with van der Waals surface area (Å²) in [6.45, 7) is 5.26. The number of methoxy groups -OCH3 is 1. The van der Waals surface area contributed by atoms with Crippen LogP contribution < -0.4 is 4.74 Å². The zero-order valence-electron chi connectivity index (χ0n) is 14.8. The Labute approximate surface area is 148 Å². The highest BCUT2D eigenvalue weighted by Crippen LogP contribution is 2.32. The standard InChI is InChI=1S/C20H24N4O/c1-3-18-19-8-5-9-23(19)10-11-24(18)14-16-13-21-22-20(16)15-6-4-7-17(12-15)25-2/h4-9,12-13,18H,3,10-11,14H2,1-2H3,(H,21,22). The van der Waals surface area contributed by atoms with Crippen LogP contribution in [0.2, 0.25) is 0 Å². The molecule has 5 nitrogen and oxygen atoms in total. The SMILES string of the molecule is CCC1c2cccn2CCN1Cc1cn[nH]c1-c1cccc(OC)c1. The van der Waals surface area contributed by atoms with Crippen molar-refractivity contribution in [3.05, 3.63) is 60.0 Å². The fourth-order valence-corrected chi connectivity index (χ4v) is 3.85. The molecule has 0 spiro atoms. The van der Waals surface area contributed by atoms with E-state index in [1.54, 1.807) is 7.11 Å². The Morgan fingerprint density at radius 3 is 3.00 bits per heavy atom. The predicted molar refractivity (Wildman–Crippen MR) is 98.4 cm³/mol. The number of hydrogen-bond acceptors (Lipinski definition) is 3. The molecule has 1 N–H and O–H groups in total. The summed E-state index contributed by atoms with van der Waals surface area (Å²) in [5.41, 5.74) is 4.84. The summed E-state index contributed by atoms with van der Waals surface area (Å²) in [6.07, 6.45) is 5.25. The van der Waals surface area contributed by atoms with Crippen molar-refractivity contribution in [2.24, 2.45) is 0 Å². The first-order valence-corrected chi connectivity index (χ1v) is 8.86. The number of benzene rings is 1. The number of ether oxygens (including phenoxy) is 1. The van der Waals surface area contributed by atoms with Gasteiger partial charge in [-0.3, -0.25) is 10.00 Å². The molecule has 0 radical (unpaired) electrons. The minimum absolute atomic E-state index is 0.455. The predicted octanol–water partition coefficient (Wildman–Crippen LogP) is 3.85. The van der Waals surface area contributed by atoms with Crippen molar-refractivity contribution in [2.45, 2.75) is 32.5 Å². The molecule has 25 heavy (non-hydrogen) atoms. The molecule has 1 aliphatic rings. The number of aromatic amines is 1. The minimum atomic E-state index is 0.455. The van der Waals surface area contributed by atoms with Gasteiger partial charge in [-0.2, -0.15) is 5.10 Å². The molecule has 0 bridgehead atoms. The van der Waals surface area contributed by atoms with E-state index >= 15 is 0 Å². The summed E-state index contributed by atoms with van der Waals surface area (Å²) < 4.78 is 7.74. The molecule has 0 amide bonds. The van der Waals surface area contributed by atoms with Crippen LogP contribution in [0.4, 0.5) is 0 Å². The molecule has 0 saturated heterocycles. The number of fused-ring (bicyclic) bond motifs is 1. The number of aromatic nitrogens is 3. The van der Waals surface area contributed by atoms with E-state index in [4.69, 9.17) is 4.74 Å². The topological polar surface area (TPSA) is 46.1 Å². The zero-order valence-corrected chi connectivity index (χ0v) is 14.8. The van der Waals surface area contributed by atoms with Gasteiger partial charge in [-0.05, 0) is 30.7 Å². The van der Waals surface area contributed by atoms with Crippen LogP contribution >= 0.6 is 0 Å². The molecule has 1 aromatic carbocycles. The highest BCUT2D eigenvalue weighted by atomic mass is 16.5. The van der Waals surface area contributed by atoms with Crippen LogP contribution in [0.5, 0.6) is 5.75 Å². The van der Waals surface area contributed by atoms with Gasteiger partial charge < -0.3 is 9.30 Å². The van der Waals surface area contributed by atoms with Gasteiger partial charge in [0.2, 0.25) is 0 Å². The molecule has 2 aromatic heterocycles. The number of H-pyrrole nitrogens is 1. The molecule has 3 heterocycles. The molecule has 0 saturated carbocycles. The van der Waals surface area contributed by atoms with Gasteiger partial charge in [-0.15, -0.1) is 0 Å². The van der Waals surface area contributed by atoms with E-state index < -0.39 is 0 Å². The zero-order chi connectivity index (χ0) is 17.2. The third kappa shape index (κ3) is 2.96. The van der Waals surface area contributed by atoms with Crippen LogP contribution in [-0.2, 0) is 13.1 Å². The largest absolute Gasteiger partial charge is 0.497 e. The monoisotopic (exact) mass is 336 g/mol. The smallest absolute Gasteiger partial charge is 0.119 e. The average Bonchev–Trinajstić information content (AvgIpc) is 3.31. The third-order valence-electron chi connectivity index (χ3n) is 5.11.